The van der Waals surface area contributed by atoms with Crippen LogP contribution in [0.4, 0.5) is 0 Å². The van der Waals surface area contributed by atoms with Crippen LogP contribution in [0, 0.1) is 25.0 Å². The van der Waals surface area contributed by atoms with E-state index in [2.05, 4.69) is 148 Å². The SMILES string of the molecule is CC(C)Cc1ccnc(-c2[c-]ccc3c2sc2cc(-c4ccccc4)ccc23)c1.Cc1cc(-c2[c-]cccc2)ncc1[Si](C)(C)C.[Ir]. The van der Waals surface area contributed by atoms with Crippen molar-refractivity contribution in [2.75, 3.05) is 0 Å². The molecule has 239 valence electrons. The van der Waals surface area contributed by atoms with Gasteiger partial charge in [0.15, 0.2) is 0 Å². The van der Waals surface area contributed by atoms with Crippen LogP contribution in [-0.2, 0) is 26.5 Å². The molecule has 7 rings (SSSR count). The fraction of sp³-hybridized carbons (Fsp3) is 0.190. The Balaban J connectivity index is 0.000000207. The summed E-state index contributed by atoms with van der Waals surface area (Å²) in [6.45, 7) is 13.7. The molecule has 5 heteroatoms. The van der Waals surface area contributed by atoms with E-state index < -0.39 is 8.07 Å². The topological polar surface area (TPSA) is 25.8 Å². The maximum Gasteiger partial charge on any atom is 0.0798 e. The molecule has 0 aliphatic carbocycles. The van der Waals surface area contributed by atoms with Gasteiger partial charge in [-0.15, -0.1) is 59.7 Å². The van der Waals surface area contributed by atoms with Crippen LogP contribution in [0.15, 0.2) is 116 Å². The van der Waals surface area contributed by atoms with Gasteiger partial charge in [-0.3, -0.25) is 0 Å². The number of thiophene rings is 1. The van der Waals surface area contributed by atoms with Crippen LogP contribution in [0.3, 0.4) is 0 Å². The fourth-order valence-corrected chi connectivity index (χ4v) is 8.95. The molecule has 1 radical (unpaired) electrons. The summed E-state index contributed by atoms with van der Waals surface area (Å²) >= 11 is 1.84. The van der Waals surface area contributed by atoms with E-state index in [1.165, 1.54) is 47.6 Å². The normalized spacial score (nSPS) is 11.3. The maximum absolute atomic E-state index is 4.68. The molecule has 0 spiro atoms. The molecule has 47 heavy (non-hydrogen) atoms. The minimum absolute atomic E-state index is 0. The van der Waals surface area contributed by atoms with E-state index in [1.807, 2.05) is 41.8 Å². The first-order valence-corrected chi connectivity index (χ1v) is 20.3. The van der Waals surface area contributed by atoms with Gasteiger partial charge in [-0.05, 0) is 69.2 Å². The number of nitrogens with zero attached hydrogens (tertiary/aromatic N) is 2. The first kappa shape index (κ1) is 34.6. The average molecular weight is 825 g/mol. The number of fused-ring (bicyclic) bond motifs is 3. The van der Waals surface area contributed by atoms with Crippen LogP contribution >= 0.6 is 11.3 Å². The number of aryl methyl sites for hydroxylation is 1. The van der Waals surface area contributed by atoms with Crippen molar-refractivity contribution in [3.8, 4) is 33.6 Å². The van der Waals surface area contributed by atoms with E-state index in [0.717, 1.165) is 28.9 Å². The molecule has 4 aromatic carbocycles. The van der Waals surface area contributed by atoms with Crippen LogP contribution < -0.4 is 5.19 Å². The molecular formula is C42H40IrN2SSi-2. The van der Waals surface area contributed by atoms with Crippen LogP contribution in [0.25, 0.3) is 53.8 Å². The Labute approximate surface area is 298 Å². The molecule has 0 N–H and O–H groups in total. The summed E-state index contributed by atoms with van der Waals surface area (Å²) in [6.07, 6.45) is 5.05. The van der Waals surface area contributed by atoms with Crippen molar-refractivity contribution in [1.29, 1.82) is 0 Å². The van der Waals surface area contributed by atoms with E-state index in [1.54, 1.807) is 0 Å². The molecule has 0 amide bonds. The minimum Gasteiger partial charge on any atom is -0.305 e. The van der Waals surface area contributed by atoms with Crippen LogP contribution in [-0.4, -0.2) is 18.0 Å². The molecule has 0 saturated heterocycles. The molecule has 0 unspecified atom stereocenters. The second kappa shape index (κ2) is 15.0. The number of rotatable bonds is 6. The second-order valence-electron chi connectivity index (χ2n) is 13.3. The Morgan fingerprint density at radius 1 is 0.745 bits per heavy atom. The summed E-state index contributed by atoms with van der Waals surface area (Å²) in [6, 6.07) is 42.8. The molecule has 0 saturated carbocycles. The number of hydrogen-bond donors (Lipinski definition) is 0. The van der Waals surface area contributed by atoms with Gasteiger partial charge in [-0.1, -0.05) is 105 Å². The first-order chi connectivity index (χ1) is 22.2. The van der Waals surface area contributed by atoms with E-state index in [0.29, 0.717) is 5.92 Å². The molecule has 0 fully saturated rings. The Morgan fingerprint density at radius 2 is 1.53 bits per heavy atom. The van der Waals surface area contributed by atoms with Gasteiger partial charge < -0.3 is 9.97 Å². The van der Waals surface area contributed by atoms with Gasteiger partial charge in [0.05, 0.1) is 8.07 Å². The summed E-state index contributed by atoms with van der Waals surface area (Å²) in [5, 5.41) is 4.03. The van der Waals surface area contributed by atoms with Gasteiger partial charge in [0, 0.05) is 37.2 Å². The monoisotopic (exact) mass is 825 g/mol. The zero-order valence-electron chi connectivity index (χ0n) is 27.9. The first-order valence-electron chi connectivity index (χ1n) is 16.0. The second-order valence-corrected chi connectivity index (χ2v) is 19.4. The van der Waals surface area contributed by atoms with Crippen molar-refractivity contribution in [2.45, 2.75) is 46.8 Å². The smallest absolute Gasteiger partial charge is 0.0798 e. The van der Waals surface area contributed by atoms with Crippen molar-refractivity contribution in [3.63, 3.8) is 0 Å². The molecule has 0 atom stereocenters. The van der Waals surface area contributed by atoms with Crippen molar-refractivity contribution < 1.29 is 20.1 Å². The van der Waals surface area contributed by atoms with Crippen molar-refractivity contribution in [3.05, 3.63) is 139 Å². The van der Waals surface area contributed by atoms with Gasteiger partial charge >= 0.3 is 0 Å². The summed E-state index contributed by atoms with van der Waals surface area (Å²) in [7, 11) is -1.27. The Morgan fingerprint density at radius 3 is 2.23 bits per heavy atom. The summed E-state index contributed by atoms with van der Waals surface area (Å²) in [4.78, 5) is 9.26. The van der Waals surface area contributed by atoms with E-state index in [9.17, 15) is 0 Å². The van der Waals surface area contributed by atoms with Crippen LogP contribution in [0.2, 0.25) is 19.6 Å². The third-order valence-corrected chi connectivity index (χ3v) is 11.5. The predicted molar refractivity (Wildman–Crippen MR) is 202 cm³/mol. The maximum atomic E-state index is 4.68. The van der Waals surface area contributed by atoms with E-state index in [-0.39, 0.29) is 20.1 Å². The summed E-state index contributed by atoms with van der Waals surface area (Å²) in [5.41, 5.74) is 9.41. The molecule has 2 nitrogen and oxygen atoms in total. The zero-order chi connectivity index (χ0) is 32.3. The van der Waals surface area contributed by atoms with Gasteiger partial charge in [0.1, 0.15) is 0 Å². The third-order valence-electron chi connectivity index (χ3n) is 8.17. The summed E-state index contributed by atoms with van der Waals surface area (Å²) < 4.78 is 2.57. The average Bonchev–Trinajstić information content (AvgIpc) is 3.43. The molecule has 3 heterocycles. The molecule has 0 bridgehead atoms. The Hall–Kier alpha value is -3.73. The molecule has 3 aromatic heterocycles. The summed E-state index contributed by atoms with van der Waals surface area (Å²) in [5.74, 6) is 0.630. The fourth-order valence-electron chi connectivity index (χ4n) is 5.99. The van der Waals surface area contributed by atoms with E-state index >= 15 is 0 Å². The van der Waals surface area contributed by atoms with Crippen LogP contribution in [0.1, 0.15) is 25.0 Å². The molecular weight excluding hydrogens is 785 g/mol. The molecule has 0 aliphatic rings. The van der Waals surface area contributed by atoms with Crippen molar-refractivity contribution in [2.24, 2.45) is 5.92 Å². The third kappa shape index (κ3) is 8.05. The van der Waals surface area contributed by atoms with Gasteiger partial charge in [-0.2, -0.15) is 11.3 Å². The van der Waals surface area contributed by atoms with Gasteiger partial charge in [0.25, 0.3) is 0 Å². The minimum atomic E-state index is -1.27. The van der Waals surface area contributed by atoms with Gasteiger partial charge in [-0.25, -0.2) is 0 Å². The van der Waals surface area contributed by atoms with Gasteiger partial charge in [0.2, 0.25) is 0 Å². The quantitative estimate of drug-likeness (QED) is 0.123. The number of pyridine rings is 2. The Bertz CT molecular complexity index is 2100. The molecule has 7 aromatic rings. The standard InChI is InChI=1S/C27H22NS.C15H18NSi.Ir/c1-18(2)15-19-13-14-28-25(16-19)24-10-6-9-23-22-12-11-21(17-26(22)29-27(23)24)20-7-4-3-5-8-20;1-12-10-14(13-8-6-5-7-9-13)16-11-15(12)17(2,3)4;/h3-9,11-14,16-18H,15H2,1-2H3;5-8,10-11H,1-4H3;/q2*-1;. The van der Waals surface area contributed by atoms with Crippen molar-refractivity contribution >= 4 is 44.8 Å². The largest absolute Gasteiger partial charge is 0.305 e. The zero-order valence-corrected chi connectivity index (χ0v) is 32.1. The predicted octanol–water partition coefficient (Wildman–Crippen LogP) is 11.2. The van der Waals surface area contributed by atoms with E-state index in [4.69, 9.17) is 0 Å². The number of benzene rings is 4. The molecule has 0 aliphatic heterocycles. The number of aromatic nitrogens is 2. The van der Waals surface area contributed by atoms with Crippen molar-refractivity contribution in [1.82, 2.24) is 9.97 Å². The van der Waals surface area contributed by atoms with Crippen LogP contribution in [0.5, 0.6) is 0 Å². The number of hydrogen-bond acceptors (Lipinski definition) is 3. The Kier molecular flexibility index (Phi) is 11.0.